The minimum atomic E-state index is -1.05. The van der Waals surface area contributed by atoms with Gasteiger partial charge in [-0.2, -0.15) is 0 Å². The molecule has 0 heterocycles. The second-order valence-corrected chi connectivity index (χ2v) is 5.70. The molecule has 2 N–H and O–H groups in total. The van der Waals surface area contributed by atoms with Crippen LogP contribution in [0.3, 0.4) is 0 Å². The zero-order valence-electron chi connectivity index (χ0n) is 13.7. The molecule has 0 saturated heterocycles. The van der Waals surface area contributed by atoms with Crippen molar-refractivity contribution in [2.75, 3.05) is 13.7 Å². The van der Waals surface area contributed by atoms with Gasteiger partial charge in [0.05, 0.1) is 7.11 Å². The molecule has 6 nitrogen and oxygen atoms in total. The summed E-state index contributed by atoms with van der Waals surface area (Å²) in [6, 6.07) is 4.63. The van der Waals surface area contributed by atoms with Crippen molar-refractivity contribution in [3.63, 3.8) is 0 Å². The molecule has 1 aromatic rings. The fourth-order valence-corrected chi connectivity index (χ4v) is 1.65. The van der Waals surface area contributed by atoms with Crippen molar-refractivity contribution >= 4 is 12.1 Å². The molecule has 1 aromatic carbocycles. The Morgan fingerprint density at radius 3 is 2.57 bits per heavy atom. The van der Waals surface area contributed by atoms with Gasteiger partial charge in [-0.25, -0.2) is 9.59 Å². The molecule has 1 rings (SSSR count). The maximum absolute atomic E-state index is 11.4. The van der Waals surface area contributed by atoms with Crippen molar-refractivity contribution in [2.45, 2.75) is 32.8 Å². The molecule has 0 aliphatic rings. The normalized spacial score (nSPS) is 10.3. The highest BCUT2D eigenvalue weighted by Gasteiger charge is 2.15. The van der Waals surface area contributed by atoms with Crippen LogP contribution in [0.15, 0.2) is 18.2 Å². The van der Waals surface area contributed by atoms with E-state index in [1.165, 1.54) is 13.2 Å². The fraction of sp³-hybridized carbons (Fsp3) is 0.412. The number of aromatic carboxylic acids is 1. The van der Waals surface area contributed by atoms with Crippen LogP contribution in [-0.2, 0) is 4.74 Å². The summed E-state index contributed by atoms with van der Waals surface area (Å²) in [6.07, 6.45) is -0.0332. The quantitative estimate of drug-likeness (QED) is 0.658. The molecule has 1 amide bonds. The van der Waals surface area contributed by atoms with Gasteiger partial charge in [-0.15, -0.1) is 0 Å². The third kappa shape index (κ3) is 6.74. The Morgan fingerprint density at radius 1 is 1.30 bits per heavy atom. The lowest BCUT2D eigenvalue weighted by Crippen LogP contribution is -2.32. The molecular formula is C17H21NO5. The Bertz CT molecular complexity index is 635. The number of carbonyl (C=O) groups is 2. The zero-order chi connectivity index (χ0) is 17.5. The van der Waals surface area contributed by atoms with Crippen molar-refractivity contribution in [1.29, 1.82) is 0 Å². The predicted molar refractivity (Wildman–Crippen MR) is 85.7 cm³/mol. The van der Waals surface area contributed by atoms with Crippen molar-refractivity contribution in [2.24, 2.45) is 0 Å². The molecule has 0 aromatic heterocycles. The molecule has 0 atom stereocenters. The van der Waals surface area contributed by atoms with Crippen molar-refractivity contribution in [1.82, 2.24) is 5.32 Å². The first-order valence-electron chi connectivity index (χ1n) is 7.10. The number of benzene rings is 1. The number of carboxylic acids is 1. The van der Waals surface area contributed by atoms with Gasteiger partial charge >= 0.3 is 12.1 Å². The zero-order valence-corrected chi connectivity index (χ0v) is 13.7. The molecule has 23 heavy (non-hydrogen) atoms. The molecule has 0 bridgehead atoms. The number of hydrogen-bond acceptors (Lipinski definition) is 4. The van der Waals surface area contributed by atoms with Gasteiger partial charge in [-0.05, 0) is 39.0 Å². The van der Waals surface area contributed by atoms with Crippen LogP contribution >= 0.6 is 0 Å². The lowest BCUT2D eigenvalue weighted by Gasteiger charge is -2.19. The predicted octanol–water partition coefficient (Wildman–Crippen LogP) is 2.66. The Balaban J connectivity index is 2.54. The van der Waals surface area contributed by atoms with E-state index in [0.29, 0.717) is 18.5 Å². The summed E-state index contributed by atoms with van der Waals surface area (Å²) < 4.78 is 10.1. The Morgan fingerprint density at radius 2 is 2.00 bits per heavy atom. The number of carboxylic acid groups (broad SMARTS) is 1. The highest BCUT2D eigenvalue weighted by atomic mass is 16.6. The number of methoxy groups -OCH3 is 1. The highest BCUT2D eigenvalue weighted by molar-refractivity contribution is 5.91. The number of ether oxygens (including phenoxy) is 2. The van der Waals surface area contributed by atoms with E-state index in [4.69, 9.17) is 14.6 Å². The average Bonchev–Trinajstić information content (AvgIpc) is 2.44. The molecule has 6 heteroatoms. The summed E-state index contributed by atoms with van der Waals surface area (Å²) in [7, 11) is 1.41. The van der Waals surface area contributed by atoms with Gasteiger partial charge in [0.15, 0.2) is 0 Å². The van der Waals surface area contributed by atoms with Gasteiger partial charge in [0.1, 0.15) is 16.9 Å². The number of alkyl carbamates (subject to hydrolysis) is 1. The minimum absolute atomic E-state index is 0.0876. The smallest absolute Gasteiger partial charge is 0.407 e. The van der Waals surface area contributed by atoms with E-state index in [9.17, 15) is 9.59 Å². The second-order valence-electron chi connectivity index (χ2n) is 5.70. The minimum Gasteiger partial charge on any atom is -0.496 e. The third-order valence-electron chi connectivity index (χ3n) is 2.58. The molecule has 0 saturated carbocycles. The molecule has 0 aliphatic heterocycles. The molecular weight excluding hydrogens is 298 g/mol. The first-order valence-corrected chi connectivity index (χ1v) is 7.10. The maximum atomic E-state index is 11.4. The number of hydrogen-bond donors (Lipinski definition) is 2. The van der Waals surface area contributed by atoms with E-state index >= 15 is 0 Å². The van der Waals surface area contributed by atoms with Crippen molar-refractivity contribution < 1.29 is 24.2 Å². The van der Waals surface area contributed by atoms with E-state index in [-0.39, 0.29) is 11.3 Å². The van der Waals surface area contributed by atoms with E-state index in [1.54, 1.807) is 32.9 Å². The number of nitrogens with one attached hydrogen (secondary N) is 1. The highest BCUT2D eigenvalue weighted by Crippen LogP contribution is 2.19. The van der Waals surface area contributed by atoms with Gasteiger partial charge < -0.3 is 19.9 Å². The Kier molecular flexibility index (Phi) is 6.46. The summed E-state index contributed by atoms with van der Waals surface area (Å²) >= 11 is 0. The van der Waals surface area contributed by atoms with E-state index < -0.39 is 17.7 Å². The summed E-state index contributed by atoms with van der Waals surface area (Å²) in [4.78, 5) is 22.4. The van der Waals surface area contributed by atoms with Gasteiger partial charge in [0.25, 0.3) is 0 Å². The summed E-state index contributed by atoms with van der Waals surface area (Å²) in [5.74, 6) is 5.00. The maximum Gasteiger partial charge on any atom is 0.407 e. The first-order chi connectivity index (χ1) is 10.7. The molecule has 0 aliphatic carbocycles. The van der Waals surface area contributed by atoms with Gasteiger partial charge in [-0.3, -0.25) is 0 Å². The third-order valence-corrected chi connectivity index (χ3v) is 2.58. The second kappa shape index (κ2) is 8.08. The van der Waals surface area contributed by atoms with Gasteiger partial charge in [0.2, 0.25) is 0 Å². The molecule has 0 radical (unpaired) electrons. The van der Waals surface area contributed by atoms with Gasteiger partial charge in [-0.1, -0.05) is 11.8 Å². The molecule has 0 spiro atoms. The first kappa shape index (κ1) is 18.4. The van der Waals surface area contributed by atoms with Crippen LogP contribution in [0.4, 0.5) is 4.79 Å². The average molecular weight is 319 g/mol. The summed E-state index contributed by atoms with van der Waals surface area (Å²) in [5, 5.41) is 11.6. The van der Waals surface area contributed by atoms with E-state index in [1.807, 2.05) is 0 Å². The van der Waals surface area contributed by atoms with Crippen LogP contribution < -0.4 is 10.1 Å². The Hall–Kier alpha value is -2.68. The van der Waals surface area contributed by atoms with Gasteiger partial charge in [0, 0.05) is 18.5 Å². The fourth-order valence-electron chi connectivity index (χ4n) is 1.65. The van der Waals surface area contributed by atoms with E-state index in [0.717, 1.165) is 0 Å². The lowest BCUT2D eigenvalue weighted by atomic mass is 10.1. The monoisotopic (exact) mass is 319 g/mol. The lowest BCUT2D eigenvalue weighted by molar-refractivity contribution is 0.0528. The Labute approximate surface area is 135 Å². The molecule has 0 unspecified atom stereocenters. The molecule has 0 fully saturated rings. The topological polar surface area (TPSA) is 84.9 Å². The standard InChI is InChI=1S/C17H21NO5/c1-17(2,3)23-16(21)18-10-6-5-7-12-8-9-13(15(19)20)14(11-12)22-4/h8-9,11H,6,10H2,1-4H3,(H,18,21)(H,19,20). The summed E-state index contributed by atoms with van der Waals surface area (Å²) in [5.41, 5.74) is 0.201. The van der Waals surface area contributed by atoms with Crippen LogP contribution in [-0.4, -0.2) is 36.4 Å². The van der Waals surface area contributed by atoms with Crippen LogP contribution in [0.1, 0.15) is 43.1 Å². The van der Waals surface area contributed by atoms with Crippen LogP contribution in [0.25, 0.3) is 0 Å². The largest absolute Gasteiger partial charge is 0.496 e. The summed E-state index contributed by atoms with van der Waals surface area (Å²) in [6.45, 7) is 5.74. The number of rotatable bonds is 4. The SMILES string of the molecule is COc1cc(C#CCCNC(=O)OC(C)(C)C)ccc1C(=O)O. The van der Waals surface area contributed by atoms with Crippen LogP contribution in [0.5, 0.6) is 5.75 Å². The number of amides is 1. The van der Waals surface area contributed by atoms with Crippen LogP contribution in [0.2, 0.25) is 0 Å². The van der Waals surface area contributed by atoms with E-state index in [2.05, 4.69) is 17.2 Å². The number of carbonyl (C=O) groups excluding carboxylic acids is 1. The van der Waals surface area contributed by atoms with Crippen molar-refractivity contribution in [3.05, 3.63) is 29.3 Å². The van der Waals surface area contributed by atoms with Crippen LogP contribution in [0, 0.1) is 11.8 Å². The van der Waals surface area contributed by atoms with Crippen molar-refractivity contribution in [3.8, 4) is 17.6 Å². The molecule has 124 valence electrons.